The van der Waals surface area contributed by atoms with Crippen LogP contribution in [0.2, 0.25) is 0 Å². The van der Waals surface area contributed by atoms with E-state index in [1.54, 1.807) is 7.11 Å². The van der Waals surface area contributed by atoms with Gasteiger partial charge in [-0.2, -0.15) is 0 Å². The van der Waals surface area contributed by atoms with E-state index in [-0.39, 0.29) is 12.1 Å². The molecule has 0 aromatic heterocycles. The van der Waals surface area contributed by atoms with Crippen molar-refractivity contribution in [3.8, 4) is 5.75 Å². The van der Waals surface area contributed by atoms with Gasteiger partial charge in [0.15, 0.2) is 0 Å². The van der Waals surface area contributed by atoms with Crippen molar-refractivity contribution >= 4 is 12.0 Å². The van der Waals surface area contributed by atoms with E-state index >= 15 is 0 Å². The maximum Gasteiger partial charge on any atom is 0.303 e. The van der Waals surface area contributed by atoms with Gasteiger partial charge in [0.05, 0.1) is 7.11 Å². The van der Waals surface area contributed by atoms with Crippen LogP contribution in [0.1, 0.15) is 19.4 Å². The van der Waals surface area contributed by atoms with Gasteiger partial charge in [-0.3, -0.25) is 4.79 Å². The third-order valence-electron chi connectivity index (χ3n) is 2.04. The van der Waals surface area contributed by atoms with Crippen molar-refractivity contribution < 1.29 is 14.3 Å². The molecule has 0 saturated carbocycles. The SMILES string of the molecule is COc1ccccc1/C=C/C(C)OC(C)=O. The second-order valence-electron chi connectivity index (χ2n) is 3.42. The monoisotopic (exact) mass is 220 g/mol. The fourth-order valence-corrected chi connectivity index (χ4v) is 1.34. The van der Waals surface area contributed by atoms with Gasteiger partial charge in [0, 0.05) is 12.5 Å². The molecule has 0 aliphatic carbocycles. The van der Waals surface area contributed by atoms with Crippen molar-refractivity contribution in [3.63, 3.8) is 0 Å². The highest BCUT2D eigenvalue weighted by Crippen LogP contribution is 2.18. The number of hydrogen-bond acceptors (Lipinski definition) is 3. The number of methoxy groups -OCH3 is 1. The molecule has 0 N–H and O–H groups in total. The lowest BCUT2D eigenvalue weighted by molar-refractivity contribution is -0.143. The van der Waals surface area contributed by atoms with E-state index in [9.17, 15) is 4.79 Å². The van der Waals surface area contributed by atoms with Gasteiger partial charge in [-0.1, -0.05) is 24.3 Å². The number of benzene rings is 1. The first-order valence-electron chi connectivity index (χ1n) is 5.12. The van der Waals surface area contributed by atoms with E-state index in [2.05, 4.69) is 0 Å². The molecule has 0 radical (unpaired) electrons. The van der Waals surface area contributed by atoms with E-state index in [0.717, 1.165) is 11.3 Å². The molecule has 3 heteroatoms. The second kappa shape index (κ2) is 5.95. The molecule has 86 valence electrons. The predicted octanol–water partition coefficient (Wildman–Crippen LogP) is 2.66. The summed E-state index contributed by atoms with van der Waals surface area (Å²) < 4.78 is 10.2. The summed E-state index contributed by atoms with van der Waals surface area (Å²) in [5.41, 5.74) is 0.962. The summed E-state index contributed by atoms with van der Waals surface area (Å²) in [6, 6.07) is 7.66. The van der Waals surface area contributed by atoms with Gasteiger partial charge in [0.1, 0.15) is 11.9 Å². The summed E-state index contributed by atoms with van der Waals surface area (Å²) in [7, 11) is 1.63. The van der Waals surface area contributed by atoms with Gasteiger partial charge in [-0.15, -0.1) is 0 Å². The molecule has 0 amide bonds. The van der Waals surface area contributed by atoms with Crippen LogP contribution in [0.4, 0.5) is 0 Å². The summed E-state index contributed by atoms with van der Waals surface area (Å²) in [6.07, 6.45) is 3.47. The zero-order valence-corrected chi connectivity index (χ0v) is 9.77. The number of ether oxygens (including phenoxy) is 2. The summed E-state index contributed by atoms with van der Waals surface area (Å²) in [5.74, 6) is 0.519. The van der Waals surface area contributed by atoms with Crippen LogP contribution in [0, 0.1) is 0 Å². The van der Waals surface area contributed by atoms with Crippen molar-refractivity contribution in [2.45, 2.75) is 20.0 Å². The third-order valence-corrected chi connectivity index (χ3v) is 2.04. The molecule has 1 atom stereocenters. The fraction of sp³-hybridized carbons (Fsp3) is 0.308. The number of rotatable bonds is 4. The second-order valence-corrected chi connectivity index (χ2v) is 3.42. The highest BCUT2D eigenvalue weighted by Gasteiger charge is 2.01. The van der Waals surface area contributed by atoms with Gasteiger partial charge in [-0.05, 0) is 19.1 Å². The molecule has 0 bridgehead atoms. The number of carbonyl (C=O) groups excluding carboxylic acids is 1. The van der Waals surface area contributed by atoms with Crippen LogP contribution in [0.25, 0.3) is 6.08 Å². The Hall–Kier alpha value is -1.77. The van der Waals surface area contributed by atoms with E-state index in [0.29, 0.717) is 0 Å². The fourth-order valence-electron chi connectivity index (χ4n) is 1.34. The van der Waals surface area contributed by atoms with Crippen LogP contribution >= 0.6 is 0 Å². The van der Waals surface area contributed by atoms with Crippen molar-refractivity contribution in [2.75, 3.05) is 7.11 Å². The van der Waals surface area contributed by atoms with Crippen LogP contribution in [-0.4, -0.2) is 19.2 Å². The molecule has 0 heterocycles. The normalized spacial score (nSPS) is 12.4. The minimum Gasteiger partial charge on any atom is -0.496 e. The molecular weight excluding hydrogens is 204 g/mol. The first kappa shape index (κ1) is 12.3. The Morgan fingerprint density at radius 1 is 1.38 bits per heavy atom. The number of para-hydroxylation sites is 1. The van der Waals surface area contributed by atoms with Crippen molar-refractivity contribution in [1.29, 1.82) is 0 Å². The summed E-state index contributed by atoms with van der Waals surface area (Å²) in [5, 5.41) is 0. The highest BCUT2D eigenvalue weighted by atomic mass is 16.5. The van der Waals surface area contributed by atoms with Gasteiger partial charge in [-0.25, -0.2) is 0 Å². The lowest BCUT2D eigenvalue weighted by Gasteiger charge is -2.07. The van der Waals surface area contributed by atoms with E-state index < -0.39 is 0 Å². The average molecular weight is 220 g/mol. The molecule has 1 aromatic carbocycles. The Morgan fingerprint density at radius 2 is 2.06 bits per heavy atom. The molecule has 0 aliphatic rings. The molecule has 1 unspecified atom stereocenters. The van der Waals surface area contributed by atoms with Crippen LogP contribution in [0.3, 0.4) is 0 Å². The Morgan fingerprint density at radius 3 is 2.69 bits per heavy atom. The largest absolute Gasteiger partial charge is 0.496 e. The zero-order chi connectivity index (χ0) is 12.0. The van der Waals surface area contributed by atoms with Crippen LogP contribution < -0.4 is 4.74 Å². The molecule has 0 aliphatic heterocycles. The highest BCUT2D eigenvalue weighted by molar-refractivity contribution is 5.66. The van der Waals surface area contributed by atoms with Gasteiger partial charge >= 0.3 is 5.97 Å². The molecule has 1 aromatic rings. The van der Waals surface area contributed by atoms with Gasteiger partial charge in [0.2, 0.25) is 0 Å². The van der Waals surface area contributed by atoms with Gasteiger partial charge < -0.3 is 9.47 Å². The molecule has 3 nitrogen and oxygen atoms in total. The maximum absolute atomic E-state index is 10.7. The Bertz CT molecular complexity index is 383. The number of carbonyl (C=O) groups is 1. The topological polar surface area (TPSA) is 35.5 Å². The van der Waals surface area contributed by atoms with E-state index in [4.69, 9.17) is 9.47 Å². The molecule has 1 rings (SSSR count). The average Bonchev–Trinajstić information content (AvgIpc) is 2.26. The quantitative estimate of drug-likeness (QED) is 0.732. The molecule has 16 heavy (non-hydrogen) atoms. The summed E-state index contributed by atoms with van der Waals surface area (Å²) >= 11 is 0. The van der Waals surface area contributed by atoms with Crippen LogP contribution in [0.15, 0.2) is 30.3 Å². The van der Waals surface area contributed by atoms with Crippen molar-refractivity contribution in [2.24, 2.45) is 0 Å². The van der Waals surface area contributed by atoms with Crippen LogP contribution in [-0.2, 0) is 9.53 Å². The lowest BCUT2D eigenvalue weighted by atomic mass is 10.1. The number of hydrogen-bond donors (Lipinski definition) is 0. The molecule has 0 spiro atoms. The van der Waals surface area contributed by atoms with Crippen molar-refractivity contribution in [3.05, 3.63) is 35.9 Å². The molecular formula is C13H16O3. The molecule has 0 fully saturated rings. The van der Waals surface area contributed by atoms with Crippen molar-refractivity contribution in [1.82, 2.24) is 0 Å². The summed E-state index contributed by atoms with van der Waals surface area (Å²) in [6.45, 7) is 3.21. The van der Waals surface area contributed by atoms with Crippen LogP contribution in [0.5, 0.6) is 5.75 Å². The third kappa shape index (κ3) is 3.77. The maximum atomic E-state index is 10.7. The standard InChI is InChI=1S/C13H16O3/c1-10(16-11(2)14)8-9-12-6-4-5-7-13(12)15-3/h4-10H,1-3H3/b9-8+. The Balaban J connectivity index is 2.71. The smallest absolute Gasteiger partial charge is 0.303 e. The van der Waals surface area contributed by atoms with E-state index in [1.165, 1.54) is 6.92 Å². The minimum atomic E-state index is -0.280. The first-order valence-corrected chi connectivity index (χ1v) is 5.12. The predicted molar refractivity (Wildman–Crippen MR) is 63.3 cm³/mol. The molecule has 0 saturated heterocycles. The lowest BCUT2D eigenvalue weighted by Crippen LogP contribution is -2.08. The summed E-state index contributed by atoms with van der Waals surface area (Å²) in [4.78, 5) is 10.7. The van der Waals surface area contributed by atoms with E-state index in [1.807, 2.05) is 43.3 Å². The minimum absolute atomic E-state index is 0.234. The Labute approximate surface area is 95.7 Å². The number of esters is 1. The van der Waals surface area contributed by atoms with Gasteiger partial charge in [0.25, 0.3) is 0 Å². The Kier molecular flexibility index (Phi) is 4.58. The zero-order valence-electron chi connectivity index (χ0n) is 9.77. The first-order chi connectivity index (χ1) is 7.63.